The van der Waals surface area contributed by atoms with Crippen molar-refractivity contribution in [2.75, 3.05) is 53.7 Å². The fourth-order valence-corrected chi connectivity index (χ4v) is 2.61. The molecule has 1 aliphatic rings. The van der Waals surface area contributed by atoms with Crippen molar-refractivity contribution in [1.82, 2.24) is 10.2 Å². The van der Waals surface area contributed by atoms with E-state index in [1.165, 1.54) is 0 Å². The average Bonchev–Trinajstić information content (AvgIpc) is 2.58. The first-order valence-corrected chi connectivity index (χ1v) is 7.47. The van der Waals surface area contributed by atoms with Gasteiger partial charge in [0.15, 0.2) is 0 Å². The molecule has 1 atom stereocenters. The lowest BCUT2D eigenvalue weighted by Gasteiger charge is -2.37. The molecule has 0 aromatic heterocycles. The van der Waals surface area contributed by atoms with E-state index in [1.54, 1.807) is 14.2 Å². The third-order valence-corrected chi connectivity index (χ3v) is 3.72. The van der Waals surface area contributed by atoms with Crippen LogP contribution in [0.1, 0.15) is 11.6 Å². The van der Waals surface area contributed by atoms with Crippen molar-refractivity contribution in [1.29, 1.82) is 0 Å². The van der Waals surface area contributed by atoms with Crippen molar-refractivity contribution >= 4 is 5.91 Å². The van der Waals surface area contributed by atoms with Gasteiger partial charge in [-0.1, -0.05) is 18.2 Å². The highest BCUT2D eigenvalue weighted by atomic mass is 16.5. The predicted octanol–water partition coefficient (Wildman–Crippen LogP) is 0.831. The number of nitrogens with one attached hydrogen (secondary N) is 1. The van der Waals surface area contributed by atoms with Gasteiger partial charge >= 0.3 is 0 Å². The molecule has 1 aliphatic heterocycles. The molecular weight excluding hydrogens is 284 g/mol. The maximum atomic E-state index is 12.4. The lowest BCUT2D eigenvalue weighted by Crippen LogP contribution is -2.49. The van der Waals surface area contributed by atoms with E-state index >= 15 is 0 Å². The molecule has 0 saturated carbocycles. The summed E-state index contributed by atoms with van der Waals surface area (Å²) >= 11 is 0. The third-order valence-electron chi connectivity index (χ3n) is 3.72. The number of carbonyl (C=O) groups excluding carboxylic acids is 1. The van der Waals surface area contributed by atoms with Crippen LogP contribution in [0.15, 0.2) is 24.3 Å². The smallest absolute Gasteiger partial charge is 0.249 e. The predicted molar refractivity (Wildman–Crippen MR) is 83.0 cm³/mol. The van der Waals surface area contributed by atoms with Crippen molar-refractivity contribution in [2.24, 2.45) is 0 Å². The largest absolute Gasteiger partial charge is 0.496 e. The van der Waals surface area contributed by atoms with Gasteiger partial charge in [-0.2, -0.15) is 0 Å². The molecule has 1 heterocycles. The molecule has 6 nitrogen and oxygen atoms in total. The maximum Gasteiger partial charge on any atom is 0.249 e. The van der Waals surface area contributed by atoms with Crippen LogP contribution >= 0.6 is 0 Å². The van der Waals surface area contributed by atoms with Gasteiger partial charge in [-0.15, -0.1) is 0 Å². The van der Waals surface area contributed by atoms with E-state index in [1.807, 2.05) is 29.2 Å². The van der Waals surface area contributed by atoms with Crippen LogP contribution < -0.4 is 10.1 Å². The Bertz CT molecular complexity index is 481. The van der Waals surface area contributed by atoms with Crippen molar-refractivity contribution in [3.05, 3.63) is 29.8 Å². The molecule has 1 N–H and O–H groups in total. The molecule has 1 fully saturated rings. The minimum Gasteiger partial charge on any atom is -0.496 e. The van der Waals surface area contributed by atoms with Gasteiger partial charge in [0, 0.05) is 32.3 Å². The molecule has 0 radical (unpaired) electrons. The number of methoxy groups -OCH3 is 2. The highest BCUT2D eigenvalue weighted by Gasteiger charge is 2.29. The zero-order valence-corrected chi connectivity index (χ0v) is 13.2. The fourth-order valence-electron chi connectivity index (χ4n) is 2.61. The second-order valence-electron chi connectivity index (χ2n) is 5.09. The first-order chi connectivity index (χ1) is 10.8. The molecular formula is C16H24N2O4. The van der Waals surface area contributed by atoms with Gasteiger partial charge < -0.3 is 24.4 Å². The number of rotatable bonds is 7. The number of carbonyl (C=O) groups is 1. The van der Waals surface area contributed by atoms with E-state index in [9.17, 15) is 4.79 Å². The number of benzene rings is 1. The summed E-state index contributed by atoms with van der Waals surface area (Å²) in [7, 11) is 3.26. The minimum absolute atomic E-state index is 0.00601. The normalized spacial score (nSPS) is 18.3. The Morgan fingerprint density at radius 2 is 2.14 bits per heavy atom. The van der Waals surface area contributed by atoms with Gasteiger partial charge in [0.2, 0.25) is 5.91 Å². The van der Waals surface area contributed by atoms with Gasteiger partial charge in [0.05, 0.1) is 26.4 Å². The zero-order valence-electron chi connectivity index (χ0n) is 13.2. The number of nitrogens with zero attached hydrogens (tertiary/aromatic N) is 1. The summed E-state index contributed by atoms with van der Waals surface area (Å²) in [5, 5.41) is 3.34. The summed E-state index contributed by atoms with van der Waals surface area (Å²) in [4.78, 5) is 14.3. The summed E-state index contributed by atoms with van der Waals surface area (Å²) in [5.74, 6) is 0.794. The van der Waals surface area contributed by atoms with E-state index in [0.717, 1.165) is 17.9 Å². The van der Waals surface area contributed by atoms with E-state index in [2.05, 4.69) is 5.32 Å². The van der Waals surface area contributed by atoms with E-state index in [0.29, 0.717) is 26.3 Å². The summed E-state index contributed by atoms with van der Waals surface area (Å²) in [6.07, 6.45) is 0. The highest BCUT2D eigenvalue weighted by molar-refractivity contribution is 5.78. The molecule has 6 heteroatoms. The zero-order chi connectivity index (χ0) is 15.8. The van der Waals surface area contributed by atoms with Crippen LogP contribution in [-0.2, 0) is 14.3 Å². The maximum absolute atomic E-state index is 12.4. The van der Waals surface area contributed by atoms with Gasteiger partial charge in [0.25, 0.3) is 0 Å². The van der Waals surface area contributed by atoms with E-state index in [-0.39, 0.29) is 18.6 Å². The van der Waals surface area contributed by atoms with E-state index in [4.69, 9.17) is 14.2 Å². The summed E-state index contributed by atoms with van der Waals surface area (Å²) < 4.78 is 15.7. The summed E-state index contributed by atoms with van der Waals surface area (Å²) in [6.45, 7) is 3.16. The Morgan fingerprint density at radius 1 is 1.32 bits per heavy atom. The molecule has 22 heavy (non-hydrogen) atoms. The van der Waals surface area contributed by atoms with Crippen LogP contribution in [0.5, 0.6) is 5.75 Å². The van der Waals surface area contributed by atoms with Crippen LogP contribution in [0.25, 0.3) is 0 Å². The number of piperazine rings is 1. The number of amides is 1. The van der Waals surface area contributed by atoms with Gasteiger partial charge in [-0.05, 0) is 6.07 Å². The van der Waals surface area contributed by atoms with Crippen LogP contribution in [0.4, 0.5) is 0 Å². The van der Waals surface area contributed by atoms with Crippen molar-refractivity contribution in [3.8, 4) is 5.75 Å². The fraction of sp³-hybridized carbons (Fsp3) is 0.562. The Kier molecular flexibility index (Phi) is 6.64. The number of ether oxygens (including phenoxy) is 3. The van der Waals surface area contributed by atoms with Crippen LogP contribution in [0.3, 0.4) is 0 Å². The Balaban J connectivity index is 2.06. The second-order valence-corrected chi connectivity index (χ2v) is 5.09. The second kappa shape index (κ2) is 8.73. The molecule has 1 saturated heterocycles. The molecule has 1 amide bonds. The van der Waals surface area contributed by atoms with Crippen LogP contribution in [0.2, 0.25) is 0 Å². The van der Waals surface area contributed by atoms with Crippen molar-refractivity contribution in [3.63, 3.8) is 0 Å². The number of hydrogen-bond donors (Lipinski definition) is 1. The highest BCUT2D eigenvalue weighted by Crippen LogP contribution is 2.30. The standard InChI is InChI=1S/C16H24N2O4/c1-20-9-10-22-12-16(19)18-8-7-17-11-14(18)13-5-3-4-6-15(13)21-2/h3-6,14,17H,7-12H2,1-2H3. The quantitative estimate of drug-likeness (QED) is 0.756. The number of hydrogen-bond acceptors (Lipinski definition) is 5. The molecule has 0 aliphatic carbocycles. The lowest BCUT2D eigenvalue weighted by atomic mass is 10.0. The van der Waals surface area contributed by atoms with Gasteiger partial charge in [0.1, 0.15) is 12.4 Å². The van der Waals surface area contributed by atoms with Crippen LogP contribution in [-0.4, -0.2) is 64.5 Å². The molecule has 0 bridgehead atoms. The molecule has 2 rings (SSSR count). The Labute approximate surface area is 131 Å². The van der Waals surface area contributed by atoms with Gasteiger partial charge in [-0.25, -0.2) is 0 Å². The third kappa shape index (κ3) is 4.19. The molecule has 0 spiro atoms. The van der Waals surface area contributed by atoms with Gasteiger partial charge in [-0.3, -0.25) is 4.79 Å². The average molecular weight is 308 g/mol. The monoisotopic (exact) mass is 308 g/mol. The SMILES string of the molecule is COCCOCC(=O)N1CCNCC1c1ccccc1OC. The topological polar surface area (TPSA) is 60.0 Å². The Hall–Kier alpha value is -1.63. The Morgan fingerprint density at radius 3 is 2.91 bits per heavy atom. The number of para-hydroxylation sites is 1. The summed E-state index contributed by atoms with van der Waals surface area (Å²) in [5.41, 5.74) is 1.02. The molecule has 122 valence electrons. The van der Waals surface area contributed by atoms with Crippen LogP contribution in [0, 0.1) is 0 Å². The molecule has 1 aromatic carbocycles. The molecule has 1 unspecified atom stereocenters. The van der Waals surface area contributed by atoms with Crippen molar-refractivity contribution < 1.29 is 19.0 Å². The van der Waals surface area contributed by atoms with E-state index < -0.39 is 0 Å². The minimum atomic E-state index is -0.0385. The summed E-state index contributed by atoms with van der Waals surface area (Å²) in [6, 6.07) is 7.77. The first-order valence-electron chi connectivity index (χ1n) is 7.47. The molecule has 1 aromatic rings. The lowest BCUT2D eigenvalue weighted by molar-refractivity contribution is -0.140. The van der Waals surface area contributed by atoms with Crippen molar-refractivity contribution in [2.45, 2.75) is 6.04 Å². The first kappa shape index (κ1) is 16.7.